The van der Waals surface area contributed by atoms with Crippen LogP contribution in [0.4, 0.5) is 0 Å². The summed E-state index contributed by atoms with van der Waals surface area (Å²) in [4.78, 5) is 0. The van der Waals surface area contributed by atoms with Crippen molar-refractivity contribution in [1.29, 1.82) is 0 Å². The van der Waals surface area contributed by atoms with E-state index in [9.17, 15) is 0 Å². The van der Waals surface area contributed by atoms with Crippen LogP contribution in [0.3, 0.4) is 0 Å². The molecule has 8 aromatic carbocycles. The van der Waals surface area contributed by atoms with Gasteiger partial charge in [-0.25, -0.2) is 0 Å². The Kier molecular flexibility index (Phi) is 12.9. The molecule has 1 aromatic heterocycles. The molecular formula is C53H53N2O2P. The van der Waals surface area contributed by atoms with Gasteiger partial charge < -0.3 is 13.7 Å². The van der Waals surface area contributed by atoms with E-state index in [0.29, 0.717) is 6.04 Å². The Morgan fingerprint density at radius 1 is 0.431 bits per heavy atom. The van der Waals surface area contributed by atoms with Crippen LogP contribution in [0, 0.1) is 0 Å². The lowest BCUT2D eigenvalue weighted by Gasteiger charge is -2.32. The van der Waals surface area contributed by atoms with Crippen LogP contribution in [0.1, 0.15) is 69.5 Å². The summed E-state index contributed by atoms with van der Waals surface area (Å²) in [7, 11) is -1.54. The summed E-state index contributed by atoms with van der Waals surface area (Å²) in [5.41, 5.74) is 6.74. The second-order valence-corrected chi connectivity index (χ2v) is 16.3. The van der Waals surface area contributed by atoms with Gasteiger partial charge in [-0.3, -0.25) is 0 Å². The molecule has 0 aliphatic carbocycles. The van der Waals surface area contributed by atoms with Gasteiger partial charge in [-0.15, -0.1) is 0 Å². The highest BCUT2D eigenvalue weighted by Crippen LogP contribution is 2.46. The van der Waals surface area contributed by atoms with Crippen LogP contribution in [-0.2, 0) is 0 Å². The zero-order valence-corrected chi connectivity index (χ0v) is 33.9. The molecule has 0 amide bonds. The van der Waals surface area contributed by atoms with Crippen LogP contribution in [0.25, 0.3) is 43.5 Å². The molecule has 0 saturated carbocycles. The fraction of sp³-hybridized carbons (Fsp3) is 0.170. The molecule has 0 bridgehead atoms. The average molecular weight is 781 g/mol. The van der Waals surface area contributed by atoms with E-state index >= 15 is 0 Å². The van der Waals surface area contributed by atoms with Crippen molar-refractivity contribution in [2.75, 3.05) is 4.67 Å². The lowest BCUT2D eigenvalue weighted by Crippen LogP contribution is -2.33. The van der Waals surface area contributed by atoms with Gasteiger partial charge in [0.25, 0.3) is 0 Å². The van der Waals surface area contributed by atoms with Crippen molar-refractivity contribution in [2.45, 2.75) is 59.3 Å². The van der Waals surface area contributed by atoms with Crippen LogP contribution in [0.5, 0.6) is 0 Å². The molecule has 9 aromatic rings. The first-order valence-electron chi connectivity index (χ1n) is 19.9. The van der Waals surface area contributed by atoms with E-state index in [2.05, 4.69) is 232 Å². The highest BCUT2D eigenvalue weighted by Gasteiger charge is 2.30. The van der Waals surface area contributed by atoms with Crippen LogP contribution in [0.2, 0.25) is 0 Å². The lowest BCUT2D eigenvalue weighted by molar-refractivity contribution is 0.529. The third-order valence-corrected chi connectivity index (χ3v) is 12.1. The number of nitrogens with zero attached hydrogens (tertiary/aromatic N) is 1. The van der Waals surface area contributed by atoms with E-state index in [0.717, 1.165) is 32.7 Å². The first kappa shape index (κ1) is 40.3. The molecule has 0 aliphatic heterocycles. The van der Waals surface area contributed by atoms with Crippen molar-refractivity contribution in [3.05, 3.63) is 216 Å². The smallest absolute Gasteiger partial charge is 0.310 e. The largest absolute Gasteiger partial charge is 0.408 e. The van der Waals surface area contributed by atoms with E-state index in [1.54, 1.807) is 0 Å². The zero-order valence-electron chi connectivity index (χ0n) is 33.0. The number of hydrogen-bond donors (Lipinski definition) is 1. The summed E-state index contributed by atoms with van der Waals surface area (Å²) in [6, 6.07) is 69.0. The van der Waals surface area contributed by atoms with Gasteiger partial charge in [-0.1, -0.05) is 189 Å². The SMILES string of the molecule is C.CC(C)N(C(c1ccccc1)c1ccccc1)p1oc2ccc3ccccc3c2c2c(ccc3ccccc32)o1.CC(C)NC(c1ccccc1)c1ccccc1. The van der Waals surface area contributed by atoms with Crippen molar-refractivity contribution in [2.24, 2.45) is 0 Å². The number of hydrogen-bond acceptors (Lipinski definition) is 4. The van der Waals surface area contributed by atoms with Crippen molar-refractivity contribution in [3.8, 4) is 0 Å². The predicted octanol–water partition coefficient (Wildman–Crippen LogP) is 15.1. The second kappa shape index (κ2) is 18.6. The number of nitrogens with one attached hydrogen (secondary N) is 1. The van der Waals surface area contributed by atoms with Crippen molar-refractivity contribution >= 4 is 51.6 Å². The number of fused-ring (bicyclic) bond motifs is 7. The molecule has 4 nitrogen and oxygen atoms in total. The third-order valence-electron chi connectivity index (χ3n) is 10.4. The van der Waals surface area contributed by atoms with E-state index in [1.165, 1.54) is 33.0 Å². The molecule has 0 radical (unpaired) electrons. The third kappa shape index (κ3) is 8.66. The van der Waals surface area contributed by atoms with Crippen LogP contribution in [0.15, 0.2) is 203 Å². The molecule has 1 N–H and O–H groups in total. The van der Waals surface area contributed by atoms with Crippen molar-refractivity contribution in [1.82, 2.24) is 5.32 Å². The minimum Gasteiger partial charge on any atom is -0.408 e. The van der Waals surface area contributed by atoms with Crippen molar-refractivity contribution < 1.29 is 8.39 Å². The quantitative estimate of drug-likeness (QED) is 0.158. The van der Waals surface area contributed by atoms with Gasteiger partial charge in [0.1, 0.15) is 11.2 Å². The van der Waals surface area contributed by atoms with Gasteiger partial charge in [0.05, 0.1) is 12.1 Å². The first-order chi connectivity index (χ1) is 28.0. The fourth-order valence-electron chi connectivity index (χ4n) is 7.81. The molecule has 5 heteroatoms. The van der Waals surface area contributed by atoms with Gasteiger partial charge in [0, 0.05) is 22.9 Å². The molecular weight excluding hydrogens is 728 g/mol. The Morgan fingerprint density at radius 2 is 0.793 bits per heavy atom. The Labute approximate surface area is 344 Å². The maximum absolute atomic E-state index is 7.01. The Hall–Kier alpha value is -5.90. The molecule has 0 spiro atoms. The lowest BCUT2D eigenvalue weighted by atomic mass is 9.98. The first-order valence-corrected chi connectivity index (χ1v) is 21.0. The monoisotopic (exact) mass is 780 g/mol. The summed E-state index contributed by atoms with van der Waals surface area (Å²) in [5.74, 6) is 0. The number of benzene rings is 8. The summed E-state index contributed by atoms with van der Waals surface area (Å²) in [6.07, 6.45) is 0. The molecule has 9 rings (SSSR count). The van der Waals surface area contributed by atoms with Gasteiger partial charge in [0.2, 0.25) is 0 Å². The van der Waals surface area contributed by atoms with Crippen LogP contribution in [-0.4, -0.2) is 12.1 Å². The highest BCUT2D eigenvalue weighted by molar-refractivity contribution is 7.39. The van der Waals surface area contributed by atoms with Gasteiger partial charge in [-0.2, -0.15) is 4.67 Å². The minimum atomic E-state index is -1.54. The molecule has 58 heavy (non-hydrogen) atoms. The Bertz CT molecular complexity index is 2560. The summed E-state index contributed by atoms with van der Waals surface area (Å²) >= 11 is 0. The molecule has 0 aliphatic rings. The van der Waals surface area contributed by atoms with Gasteiger partial charge in [-0.05, 0) is 83.6 Å². The van der Waals surface area contributed by atoms with Crippen LogP contribution >= 0.6 is 8.16 Å². The van der Waals surface area contributed by atoms with Crippen LogP contribution < -0.4 is 9.99 Å². The molecule has 0 atom stereocenters. The van der Waals surface area contributed by atoms with Gasteiger partial charge >= 0.3 is 8.16 Å². The molecule has 0 saturated heterocycles. The molecule has 0 fully saturated rings. The summed E-state index contributed by atoms with van der Waals surface area (Å²) in [5, 5.41) is 10.5. The van der Waals surface area contributed by atoms with E-state index in [-0.39, 0.29) is 25.6 Å². The predicted molar refractivity (Wildman–Crippen MR) is 249 cm³/mol. The molecule has 1 heterocycles. The summed E-state index contributed by atoms with van der Waals surface area (Å²) in [6.45, 7) is 8.81. The Balaban J connectivity index is 0.000000240. The van der Waals surface area contributed by atoms with E-state index in [1.807, 2.05) is 0 Å². The topological polar surface area (TPSA) is 41.6 Å². The van der Waals surface area contributed by atoms with Crippen molar-refractivity contribution in [3.63, 3.8) is 0 Å². The normalized spacial score (nSPS) is 11.5. The maximum Gasteiger partial charge on any atom is 0.310 e. The number of rotatable bonds is 9. The maximum atomic E-state index is 7.01. The van der Waals surface area contributed by atoms with E-state index < -0.39 is 8.16 Å². The minimum absolute atomic E-state index is 0. The van der Waals surface area contributed by atoms with E-state index in [4.69, 9.17) is 8.39 Å². The van der Waals surface area contributed by atoms with Gasteiger partial charge in [0.15, 0.2) is 0 Å². The molecule has 0 unspecified atom stereocenters. The fourth-order valence-corrected chi connectivity index (χ4v) is 9.51. The highest BCUT2D eigenvalue weighted by atomic mass is 31.1. The standard InChI is InChI=1S/C36H30NO2P.C16H19N.CH4/c1-25(2)37(36(28-15-5-3-6-16-28)29-17-7-4-8-18-29)40-38-32-23-21-26-13-9-11-19-30(26)34(32)35-31-20-12-10-14-27(31)22-24-33(35)39-40;1-13(2)17-16(14-9-5-3-6-10-14)15-11-7-4-8-12-15;/h3-25,36H,1-2H3;3-13,16-17H,1-2H3;1H4. The Morgan fingerprint density at radius 3 is 1.17 bits per heavy atom. The summed E-state index contributed by atoms with van der Waals surface area (Å²) < 4.78 is 16.4. The molecule has 292 valence electrons. The average Bonchev–Trinajstić information content (AvgIpc) is 3.43. The zero-order chi connectivity index (χ0) is 39.1. The second-order valence-electron chi connectivity index (χ2n) is 15.0.